The van der Waals surface area contributed by atoms with Gasteiger partial charge in [0.1, 0.15) is 5.82 Å². The minimum Gasteiger partial charge on any atom is -0.351 e. The lowest BCUT2D eigenvalue weighted by Gasteiger charge is -2.06. The molecule has 1 aromatic carbocycles. The van der Waals surface area contributed by atoms with E-state index in [1.165, 1.54) is 12.1 Å². The Morgan fingerprint density at radius 3 is 2.65 bits per heavy atom. The van der Waals surface area contributed by atoms with Gasteiger partial charge in [-0.25, -0.2) is 4.39 Å². The molecule has 0 unspecified atom stereocenters. The molecule has 0 aliphatic rings. The van der Waals surface area contributed by atoms with E-state index in [1.807, 2.05) is 6.92 Å². The number of likely N-dealkylation sites (N-methyl/N-ethyl adjacent to an activating group) is 1. The zero-order chi connectivity index (χ0) is 12.0. The molecule has 0 spiro atoms. The molecule has 0 aliphatic heterocycles. The summed E-state index contributed by atoms with van der Waals surface area (Å²) in [7, 11) is 0. The van der Waals surface area contributed by atoms with Crippen molar-refractivity contribution in [2.75, 3.05) is 19.6 Å². The number of aryl methyl sites for hydroxylation is 1. The number of nitrogens with one attached hydrogen (secondary N) is 2. The van der Waals surface area contributed by atoms with E-state index in [9.17, 15) is 9.18 Å². The van der Waals surface area contributed by atoms with E-state index in [0.29, 0.717) is 17.7 Å². The van der Waals surface area contributed by atoms with Crippen LogP contribution >= 0.6 is 12.4 Å². The number of carbonyl (C=O) groups excluding carboxylic acids is 1. The predicted molar refractivity (Wildman–Crippen MR) is 69.3 cm³/mol. The number of amides is 1. The Hall–Kier alpha value is -1.13. The summed E-state index contributed by atoms with van der Waals surface area (Å²) >= 11 is 0. The lowest BCUT2D eigenvalue weighted by Crippen LogP contribution is -2.31. The van der Waals surface area contributed by atoms with Gasteiger partial charge in [-0.15, -0.1) is 12.4 Å². The fourth-order valence-electron chi connectivity index (χ4n) is 1.33. The molecule has 3 nitrogen and oxygen atoms in total. The number of halogens is 2. The van der Waals surface area contributed by atoms with Gasteiger partial charge in [0.2, 0.25) is 0 Å². The van der Waals surface area contributed by atoms with Gasteiger partial charge in [-0.1, -0.05) is 6.92 Å². The third-order valence-electron chi connectivity index (χ3n) is 2.26. The molecule has 0 bridgehead atoms. The molecule has 1 aromatic rings. The number of benzene rings is 1. The van der Waals surface area contributed by atoms with Crippen molar-refractivity contribution in [3.8, 4) is 0 Å². The molecule has 17 heavy (non-hydrogen) atoms. The maximum Gasteiger partial charge on any atom is 0.251 e. The van der Waals surface area contributed by atoms with E-state index in [0.717, 1.165) is 13.1 Å². The van der Waals surface area contributed by atoms with Crippen LogP contribution in [0.5, 0.6) is 0 Å². The number of hydrogen-bond acceptors (Lipinski definition) is 2. The Morgan fingerprint density at radius 2 is 2.06 bits per heavy atom. The largest absolute Gasteiger partial charge is 0.351 e. The summed E-state index contributed by atoms with van der Waals surface area (Å²) in [6, 6.07) is 4.36. The van der Waals surface area contributed by atoms with Crippen LogP contribution in [0.15, 0.2) is 18.2 Å². The highest BCUT2D eigenvalue weighted by molar-refractivity contribution is 5.94. The second-order valence-electron chi connectivity index (χ2n) is 3.57. The molecule has 96 valence electrons. The summed E-state index contributed by atoms with van der Waals surface area (Å²) in [6.07, 6.45) is 0. The van der Waals surface area contributed by atoms with Crippen LogP contribution in [0.1, 0.15) is 22.8 Å². The van der Waals surface area contributed by atoms with Gasteiger partial charge in [0.05, 0.1) is 0 Å². The smallest absolute Gasteiger partial charge is 0.251 e. The fourth-order valence-corrected chi connectivity index (χ4v) is 1.33. The number of carbonyl (C=O) groups is 1. The highest BCUT2D eigenvalue weighted by Crippen LogP contribution is 2.08. The van der Waals surface area contributed by atoms with Crippen LogP contribution in [0.4, 0.5) is 4.39 Å². The van der Waals surface area contributed by atoms with Crippen LogP contribution in [0.3, 0.4) is 0 Å². The van der Waals surface area contributed by atoms with E-state index < -0.39 is 0 Å². The molecule has 2 N–H and O–H groups in total. The first-order chi connectivity index (χ1) is 7.65. The van der Waals surface area contributed by atoms with Crippen molar-refractivity contribution in [2.45, 2.75) is 13.8 Å². The van der Waals surface area contributed by atoms with Crippen molar-refractivity contribution in [2.24, 2.45) is 0 Å². The van der Waals surface area contributed by atoms with Crippen LogP contribution in [-0.2, 0) is 0 Å². The molecule has 0 fully saturated rings. The molecule has 0 saturated carbocycles. The number of rotatable bonds is 5. The Kier molecular flexibility index (Phi) is 7.50. The molecule has 0 radical (unpaired) electrons. The minimum atomic E-state index is -0.288. The molecular formula is C12H18ClFN2O. The summed E-state index contributed by atoms with van der Waals surface area (Å²) < 4.78 is 13.0. The molecule has 0 saturated heterocycles. The Balaban J connectivity index is 0.00000256. The van der Waals surface area contributed by atoms with Gasteiger partial charge >= 0.3 is 0 Å². The average molecular weight is 261 g/mol. The fraction of sp³-hybridized carbons (Fsp3) is 0.417. The maximum atomic E-state index is 13.0. The Labute approximate surface area is 107 Å². The zero-order valence-electron chi connectivity index (χ0n) is 10.0. The maximum absolute atomic E-state index is 13.0. The highest BCUT2D eigenvalue weighted by Gasteiger charge is 2.06. The van der Waals surface area contributed by atoms with Crippen molar-refractivity contribution >= 4 is 18.3 Å². The monoisotopic (exact) mass is 260 g/mol. The molecule has 5 heteroatoms. The summed E-state index contributed by atoms with van der Waals surface area (Å²) in [5.41, 5.74) is 0.981. The minimum absolute atomic E-state index is 0. The quantitative estimate of drug-likeness (QED) is 0.794. The van der Waals surface area contributed by atoms with Crippen molar-refractivity contribution in [1.29, 1.82) is 0 Å². The zero-order valence-corrected chi connectivity index (χ0v) is 10.9. The van der Waals surface area contributed by atoms with Crippen molar-refractivity contribution in [3.63, 3.8) is 0 Å². The van der Waals surface area contributed by atoms with Gasteiger partial charge in [0, 0.05) is 18.7 Å². The lowest BCUT2D eigenvalue weighted by atomic mass is 10.1. The molecule has 0 aliphatic carbocycles. The predicted octanol–water partition coefficient (Wildman–Crippen LogP) is 1.90. The third-order valence-corrected chi connectivity index (χ3v) is 2.26. The van der Waals surface area contributed by atoms with Crippen molar-refractivity contribution in [1.82, 2.24) is 10.6 Å². The molecule has 1 rings (SSSR count). The van der Waals surface area contributed by atoms with Gasteiger partial charge in [-0.3, -0.25) is 4.79 Å². The van der Waals surface area contributed by atoms with Crippen LogP contribution < -0.4 is 10.6 Å². The van der Waals surface area contributed by atoms with E-state index in [4.69, 9.17) is 0 Å². The number of hydrogen-bond donors (Lipinski definition) is 2. The standard InChI is InChI=1S/C12H17FN2O.ClH/c1-3-14-6-7-15-12(16)10-4-5-11(13)9(2)8-10;/h4-5,8,14H,3,6-7H2,1-2H3,(H,15,16);1H. The summed E-state index contributed by atoms with van der Waals surface area (Å²) in [4.78, 5) is 11.6. The van der Waals surface area contributed by atoms with Gasteiger partial charge in [0.25, 0.3) is 5.91 Å². The van der Waals surface area contributed by atoms with Crippen LogP contribution in [0.25, 0.3) is 0 Å². The first kappa shape index (κ1) is 15.9. The van der Waals surface area contributed by atoms with Gasteiger partial charge < -0.3 is 10.6 Å². The molecule has 0 atom stereocenters. The normalized spacial score (nSPS) is 9.59. The third kappa shape index (κ3) is 5.15. The highest BCUT2D eigenvalue weighted by atomic mass is 35.5. The van der Waals surface area contributed by atoms with Crippen molar-refractivity contribution in [3.05, 3.63) is 35.1 Å². The van der Waals surface area contributed by atoms with Crippen LogP contribution in [0.2, 0.25) is 0 Å². The molecule has 0 aromatic heterocycles. The van der Waals surface area contributed by atoms with Crippen LogP contribution in [0, 0.1) is 12.7 Å². The second-order valence-corrected chi connectivity index (χ2v) is 3.57. The molecular weight excluding hydrogens is 243 g/mol. The summed E-state index contributed by atoms with van der Waals surface area (Å²) in [5, 5.41) is 5.86. The summed E-state index contributed by atoms with van der Waals surface area (Å²) in [6.45, 7) is 5.84. The van der Waals surface area contributed by atoms with Gasteiger partial charge in [0.15, 0.2) is 0 Å². The van der Waals surface area contributed by atoms with E-state index >= 15 is 0 Å². The SMILES string of the molecule is CCNCCNC(=O)c1ccc(F)c(C)c1.Cl. The van der Waals surface area contributed by atoms with E-state index in [-0.39, 0.29) is 24.1 Å². The topological polar surface area (TPSA) is 41.1 Å². The Bertz CT molecular complexity index is 372. The van der Waals surface area contributed by atoms with Gasteiger partial charge in [-0.2, -0.15) is 0 Å². The average Bonchev–Trinajstić information content (AvgIpc) is 2.28. The first-order valence-electron chi connectivity index (χ1n) is 5.40. The van der Waals surface area contributed by atoms with Gasteiger partial charge in [-0.05, 0) is 37.2 Å². The molecule has 1 amide bonds. The van der Waals surface area contributed by atoms with Crippen molar-refractivity contribution < 1.29 is 9.18 Å². The first-order valence-corrected chi connectivity index (χ1v) is 5.40. The van der Waals surface area contributed by atoms with E-state index in [2.05, 4.69) is 10.6 Å². The molecule has 0 heterocycles. The van der Waals surface area contributed by atoms with Crippen LogP contribution in [-0.4, -0.2) is 25.5 Å². The lowest BCUT2D eigenvalue weighted by molar-refractivity contribution is 0.0954. The summed E-state index contributed by atoms with van der Waals surface area (Å²) in [5.74, 6) is -0.454. The van der Waals surface area contributed by atoms with E-state index in [1.54, 1.807) is 13.0 Å². The Morgan fingerprint density at radius 1 is 1.35 bits per heavy atom. The second kappa shape index (κ2) is 8.03.